The summed E-state index contributed by atoms with van der Waals surface area (Å²) in [5, 5.41) is 13.4. The van der Waals surface area contributed by atoms with E-state index in [9.17, 15) is 14.4 Å². The Morgan fingerprint density at radius 3 is 2.74 bits per heavy atom. The second-order valence-corrected chi connectivity index (χ2v) is 12.5. The number of anilines is 1. The number of fused-ring (bicyclic) bond motifs is 1. The zero-order valence-corrected chi connectivity index (χ0v) is 26.8. The Morgan fingerprint density at radius 2 is 2.00 bits per heavy atom. The van der Waals surface area contributed by atoms with E-state index in [2.05, 4.69) is 32.9 Å². The number of alkyl halides is 1. The van der Waals surface area contributed by atoms with Crippen molar-refractivity contribution in [2.45, 2.75) is 48.6 Å². The number of carboxylic acid groups (broad SMARTS) is 1. The highest BCUT2D eigenvalue weighted by molar-refractivity contribution is 14.1. The van der Waals surface area contributed by atoms with Crippen LogP contribution in [0.5, 0.6) is 0 Å². The molecule has 5 rings (SSSR count). The van der Waals surface area contributed by atoms with Crippen LogP contribution in [-0.2, 0) is 38.6 Å². The first kappa shape index (κ1) is 31.1. The van der Waals surface area contributed by atoms with Gasteiger partial charge in [-0.1, -0.05) is 40.8 Å². The number of likely N-dealkylation sites (tertiary alicyclic amines) is 1. The Labute approximate surface area is 266 Å². The van der Waals surface area contributed by atoms with Crippen LogP contribution in [0.2, 0.25) is 0 Å². The second kappa shape index (κ2) is 13.5. The molecule has 1 fully saturated rings. The molecule has 1 aliphatic rings. The molecule has 0 spiro atoms. The van der Waals surface area contributed by atoms with Gasteiger partial charge in [0.05, 0.1) is 37.1 Å². The van der Waals surface area contributed by atoms with Crippen LogP contribution in [0.15, 0.2) is 48.8 Å². The van der Waals surface area contributed by atoms with E-state index < -0.39 is 11.8 Å². The molecule has 226 valence electrons. The van der Waals surface area contributed by atoms with Crippen LogP contribution in [0.25, 0.3) is 10.9 Å². The van der Waals surface area contributed by atoms with Gasteiger partial charge < -0.3 is 24.6 Å². The summed E-state index contributed by atoms with van der Waals surface area (Å²) in [5.41, 5.74) is 2.75. The number of hydrogen-bond acceptors (Lipinski definition) is 6. The predicted octanol–water partition coefficient (Wildman–Crippen LogP) is 5.90. The first-order valence-corrected chi connectivity index (χ1v) is 16.2. The van der Waals surface area contributed by atoms with Gasteiger partial charge in [0, 0.05) is 52.4 Å². The molecule has 0 saturated carbocycles. The van der Waals surface area contributed by atoms with E-state index in [0.717, 1.165) is 27.2 Å². The van der Waals surface area contributed by atoms with E-state index >= 15 is 4.39 Å². The lowest BCUT2D eigenvalue weighted by Gasteiger charge is -2.29. The zero-order chi connectivity index (χ0) is 30.7. The second-order valence-electron chi connectivity index (χ2n) is 10.6. The third-order valence-electron chi connectivity index (χ3n) is 7.74. The molecule has 3 heterocycles. The zero-order valence-electron chi connectivity index (χ0n) is 23.8. The number of ether oxygens (including phenoxy) is 1. The summed E-state index contributed by atoms with van der Waals surface area (Å²) in [4.78, 5) is 45.1. The molecule has 2 aromatic carbocycles. The maximum absolute atomic E-state index is 15.5. The van der Waals surface area contributed by atoms with Crippen LogP contribution >= 0.6 is 33.9 Å². The fraction of sp³-hybridized carbons (Fsp3) is 0.355. The highest BCUT2D eigenvalue weighted by Gasteiger charge is 2.39. The van der Waals surface area contributed by atoms with Crippen molar-refractivity contribution in [2.24, 2.45) is 7.05 Å². The third-order valence-corrected chi connectivity index (χ3v) is 9.72. The summed E-state index contributed by atoms with van der Waals surface area (Å²) < 4.78 is 23.3. The number of amides is 2. The Balaban J connectivity index is 1.36. The van der Waals surface area contributed by atoms with Gasteiger partial charge in [0.25, 0.3) is 5.91 Å². The van der Waals surface area contributed by atoms with Gasteiger partial charge in [-0.2, -0.15) is 0 Å². The van der Waals surface area contributed by atoms with Gasteiger partial charge in [0.2, 0.25) is 5.91 Å². The van der Waals surface area contributed by atoms with Crippen LogP contribution in [0.4, 0.5) is 10.1 Å². The Hall–Kier alpha value is -3.36. The molecular formula is C31H32FIN4O5S. The van der Waals surface area contributed by atoms with E-state index in [0.29, 0.717) is 40.7 Å². The number of carboxylic acids is 1. The molecule has 0 radical (unpaired) electrons. The third kappa shape index (κ3) is 6.75. The SMILES string of the molecule is COC[C@@H]1CC[C@@H](c2ncc(CCC(=O)O)s2)N1C(=O)Cc1cc(CI)c(NC(=O)c2cn(C)c3ccccc23)cc1F. The topological polar surface area (TPSA) is 114 Å². The lowest BCUT2D eigenvalue weighted by Crippen LogP contribution is -2.40. The van der Waals surface area contributed by atoms with Crippen LogP contribution in [0.1, 0.15) is 56.7 Å². The minimum absolute atomic E-state index is 0.0120. The summed E-state index contributed by atoms with van der Waals surface area (Å²) in [6.45, 7) is 0.347. The number of para-hydroxylation sites is 1. The van der Waals surface area contributed by atoms with Crippen LogP contribution < -0.4 is 5.32 Å². The lowest BCUT2D eigenvalue weighted by molar-refractivity contribution is -0.137. The number of nitrogens with one attached hydrogen (secondary N) is 1. The fourth-order valence-corrected chi connectivity index (χ4v) is 7.36. The molecule has 0 unspecified atom stereocenters. The van der Waals surface area contributed by atoms with Gasteiger partial charge >= 0.3 is 5.97 Å². The van der Waals surface area contributed by atoms with Crippen molar-refractivity contribution in [2.75, 3.05) is 19.0 Å². The number of halogens is 2. The monoisotopic (exact) mass is 718 g/mol. The normalized spacial score (nSPS) is 16.6. The molecule has 2 amide bonds. The number of benzene rings is 2. The summed E-state index contributed by atoms with van der Waals surface area (Å²) in [6.07, 6.45) is 5.07. The smallest absolute Gasteiger partial charge is 0.303 e. The van der Waals surface area contributed by atoms with Gasteiger partial charge in [-0.3, -0.25) is 14.4 Å². The molecular weight excluding hydrogens is 686 g/mol. The highest BCUT2D eigenvalue weighted by atomic mass is 127. The summed E-state index contributed by atoms with van der Waals surface area (Å²) >= 11 is 3.57. The molecule has 0 bridgehead atoms. The van der Waals surface area contributed by atoms with Crippen LogP contribution in [0, 0.1) is 5.82 Å². The quantitative estimate of drug-likeness (QED) is 0.148. The summed E-state index contributed by atoms with van der Waals surface area (Å²) in [6, 6.07) is 10.1. The molecule has 1 saturated heterocycles. The van der Waals surface area contributed by atoms with E-state index in [1.54, 1.807) is 30.5 Å². The minimum Gasteiger partial charge on any atom is -0.481 e. The van der Waals surface area contributed by atoms with Crippen LogP contribution in [-0.4, -0.2) is 57.1 Å². The van der Waals surface area contributed by atoms with Crippen molar-refractivity contribution in [1.82, 2.24) is 14.5 Å². The Morgan fingerprint density at radius 1 is 1.21 bits per heavy atom. The first-order chi connectivity index (χ1) is 20.7. The lowest BCUT2D eigenvalue weighted by atomic mass is 10.0. The summed E-state index contributed by atoms with van der Waals surface area (Å²) in [5.74, 6) is -2.02. The number of carbonyl (C=O) groups is 3. The molecule has 2 aromatic heterocycles. The van der Waals surface area contributed by atoms with Crippen molar-refractivity contribution in [3.8, 4) is 0 Å². The average molecular weight is 719 g/mol. The number of aromatic nitrogens is 2. The fourth-order valence-electron chi connectivity index (χ4n) is 5.68. The molecule has 1 aliphatic heterocycles. The molecule has 12 heteroatoms. The number of hydrogen-bond donors (Lipinski definition) is 2. The molecule has 0 aliphatic carbocycles. The molecule has 9 nitrogen and oxygen atoms in total. The minimum atomic E-state index is -0.875. The van der Waals surface area contributed by atoms with Crippen LogP contribution in [0.3, 0.4) is 0 Å². The van der Waals surface area contributed by atoms with E-state index in [1.165, 1.54) is 17.4 Å². The largest absolute Gasteiger partial charge is 0.481 e. The van der Waals surface area contributed by atoms with E-state index in [1.807, 2.05) is 35.9 Å². The van der Waals surface area contributed by atoms with Gasteiger partial charge in [-0.15, -0.1) is 11.3 Å². The molecule has 4 aromatic rings. The number of methoxy groups -OCH3 is 1. The van der Waals surface area contributed by atoms with Gasteiger partial charge in [-0.05, 0) is 48.6 Å². The predicted molar refractivity (Wildman–Crippen MR) is 171 cm³/mol. The Kier molecular flexibility index (Phi) is 9.77. The van der Waals surface area contributed by atoms with E-state index in [4.69, 9.17) is 9.84 Å². The number of aliphatic carboxylic acids is 1. The van der Waals surface area contributed by atoms with Crippen molar-refractivity contribution < 1.29 is 28.6 Å². The number of aryl methyl sites for hydroxylation is 2. The van der Waals surface area contributed by atoms with Crippen molar-refractivity contribution in [1.29, 1.82) is 0 Å². The Bertz CT molecular complexity index is 1670. The number of nitrogens with zero attached hydrogens (tertiary/aromatic N) is 3. The maximum atomic E-state index is 15.5. The number of carbonyl (C=O) groups excluding carboxylic acids is 2. The first-order valence-electron chi connectivity index (χ1n) is 13.9. The van der Waals surface area contributed by atoms with Gasteiger partial charge in [0.15, 0.2) is 0 Å². The number of thiazole rings is 1. The average Bonchev–Trinajstić information content (AvgIpc) is 3.71. The summed E-state index contributed by atoms with van der Waals surface area (Å²) in [7, 11) is 3.46. The highest BCUT2D eigenvalue weighted by Crippen LogP contribution is 2.39. The van der Waals surface area contributed by atoms with E-state index in [-0.39, 0.29) is 42.3 Å². The maximum Gasteiger partial charge on any atom is 0.303 e. The van der Waals surface area contributed by atoms with Crippen molar-refractivity contribution in [3.63, 3.8) is 0 Å². The van der Waals surface area contributed by atoms with Crippen molar-refractivity contribution in [3.05, 3.63) is 81.2 Å². The molecule has 43 heavy (non-hydrogen) atoms. The molecule has 2 atom stereocenters. The van der Waals surface area contributed by atoms with Crippen molar-refractivity contribution >= 4 is 68.3 Å². The standard InChI is InChI=1S/C31H32FIN4O5S/c1-36-16-23(22-5-3-4-6-26(22)36)30(41)35-25-13-24(32)18(11-19(25)14-33)12-28(38)37-20(17-42-2)7-9-27(37)31-34-15-21(43-31)8-10-29(39)40/h3-6,11,13,15-16,20,27H,7-10,12,14,17H2,1-2H3,(H,35,41)(H,39,40)/t20-,27-/m0/s1. The van der Waals surface area contributed by atoms with Gasteiger partial charge in [0.1, 0.15) is 10.8 Å². The molecule has 2 N–H and O–H groups in total. The number of rotatable bonds is 11. The van der Waals surface area contributed by atoms with Gasteiger partial charge in [-0.25, -0.2) is 9.37 Å².